The van der Waals surface area contributed by atoms with Gasteiger partial charge in [-0.1, -0.05) is 72.3 Å². The molecule has 0 saturated carbocycles. The van der Waals surface area contributed by atoms with Gasteiger partial charge in [-0.15, -0.1) is 0 Å². The molecule has 0 aliphatic carbocycles. The summed E-state index contributed by atoms with van der Waals surface area (Å²) in [5.41, 5.74) is 5.12. The highest BCUT2D eigenvalue weighted by Gasteiger charge is 2.57. The van der Waals surface area contributed by atoms with E-state index in [-0.39, 0.29) is 18.9 Å². The Kier molecular flexibility index (Phi) is 5.69. The van der Waals surface area contributed by atoms with Crippen molar-refractivity contribution in [1.82, 2.24) is 4.90 Å². The molecule has 0 unspecified atom stereocenters. The average Bonchev–Trinajstić information content (AvgIpc) is 3.11. The van der Waals surface area contributed by atoms with Crippen LogP contribution in [-0.4, -0.2) is 23.4 Å². The predicted molar refractivity (Wildman–Crippen MR) is 141 cm³/mol. The predicted octanol–water partition coefficient (Wildman–Crippen LogP) is 5.59. The quantitative estimate of drug-likeness (QED) is 0.351. The molecule has 3 aliphatic heterocycles. The van der Waals surface area contributed by atoms with Crippen LogP contribution >= 0.6 is 0 Å². The average molecular weight is 493 g/mol. The summed E-state index contributed by atoms with van der Waals surface area (Å²) in [6.45, 7) is 4.50. The number of anilines is 1. The van der Waals surface area contributed by atoms with Crippen molar-refractivity contribution in [3.05, 3.63) is 119 Å². The zero-order valence-electron chi connectivity index (χ0n) is 20.9. The molecule has 6 rings (SSSR count). The summed E-state index contributed by atoms with van der Waals surface area (Å²) in [6, 6.07) is 24.0. The van der Waals surface area contributed by atoms with Crippen molar-refractivity contribution < 1.29 is 19.1 Å². The van der Waals surface area contributed by atoms with E-state index in [0.717, 1.165) is 33.5 Å². The van der Waals surface area contributed by atoms with Crippen molar-refractivity contribution in [2.75, 3.05) is 11.5 Å². The molecule has 3 aromatic carbocycles. The van der Waals surface area contributed by atoms with Gasteiger partial charge in [0.2, 0.25) is 0 Å². The maximum atomic E-state index is 14.4. The zero-order valence-corrected chi connectivity index (χ0v) is 20.9. The molecule has 0 N–H and O–H groups in total. The van der Waals surface area contributed by atoms with Gasteiger partial charge in [0.1, 0.15) is 0 Å². The van der Waals surface area contributed by atoms with Crippen LogP contribution in [-0.2, 0) is 31.2 Å². The van der Waals surface area contributed by atoms with Crippen LogP contribution in [0, 0.1) is 6.92 Å². The Morgan fingerprint density at radius 3 is 2.70 bits per heavy atom. The van der Waals surface area contributed by atoms with Crippen molar-refractivity contribution in [2.24, 2.45) is 0 Å². The number of fused-ring (bicyclic) bond motifs is 5. The SMILES string of the molecule is CCOC(=O)/C=C1/C[C@@]2(O[C@H]3c4ccccc4C=CN13)C(=O)N(Cc1ccccc1)c1ccc(C)cc12. The normalized spacial score (nSPS) is 22.7. The van der Waals surface area contributed by atoms with E-state index in [1.165, 1.54) is 6.08 Å². The molecular weight excluding hydrogens is 464 g/mol. The molecule has 2 atom stereocenters. The smallest absolute Gasteiger partial charge is 0.332 e. The molecular formula is C31H28N2O4. The Labute approximate surface area is 216 Å². The second-order valence-corrected chi connectivity index (χ2v) is 9.61. The number of hydrogen-bond donors (Lipinski definition) is 0. The molecule has 3 heterocycles. The van der Waals surface area contributed by atoms with Crippen LogP contribution in [0.3, 0.4) is 0 Å². The van der Waals surface area contributed by atoms with Gasteiger partial charge < -0.3 is 19.3 Å². The van der Waals surface area contributed by atoms with E-state index >= 15 is 0 Å². The first kappa shape index (κ1) is 23.3. The molecule has 1 spiro atoms. The molecule has 37 heavy (non-hydrogen) atoms. The van der Waals surface area contributed by atoms with E-state index in [1.807, 2.05) is 102 Å². The Hall–Kier alpha value is -4.16. The monoisotopic (exact) mass is 492 g/mol. The Morgan fingerprint density at radius 1 is 1.11 bits per heavy atom. The minimum absolute atomic E-state index is 0.126. The molecule has 186 valence electrons. The molecule has 0 bridgehead atoms. The van der Waals surface area contributed by atoms with Gasteiger partial charge >= 0.3 is 5.97 Å². The Balaban J connectivity index is 1.50. The zero-order chi connectivity index (χ0) is 25.6. The fourth-order valence-electron chi connectivity index (χ4n) is 5.53. The second kappa shape index (κ2) is 9.05. The standard InChI is InChI=1S/C31H28N2O4/c1-3-36-28(34)18-24-19-31(37-29-25-12-8-7-11-23(25)15-16-32(24)29)26-17-21(2)13-14-27(26)33(30(31)35)20-22-9-5-4-6-10-22/h4-18,29H,3,19-20H2,1-2H3/b24-18-/t29-,31-/m0/s1. The lowest BCUT2D eigenvalue weighted by molar-refractivity contribution is -0.184. The minimum Gasteiger partial charge on any atom is -0.463 e. The van der Waals surface area contributed by atoms with Crippen LogP contribution in [0.1, 0.15) is 47.4 Å². The highest BCUT2D eigenvalue weighted by Crippen LogP contribution is 2.54. The fraction of sp³-hybridized carbons (Fsp3) is 0.226. The first-order chi connectivity index (χ1) is 18.0. The lowest BCUT2D eigenvalue weighted by atomic mass is 9.85. The van der Waals surface area contributed by atoms with E-state index in [4.69, 9.17) is 9.47 Å². The topological polar surface area (TPSA) is 59.1 Å². The molecule has 1 amide bonds. The number of carbonyl (C=O) groups excluding carboxylic acids is 2. The highest BCUT2D eigenvalue weighted by atomic mass is 16.5. The summed E-state index contributed by atoms with van der Waals surface area (Å²) in [6.07, 6.45) is 5.08. The number of esters is 1. The van der Waals surface area contributed by atoms with E-state index < -0.39 is 17.8 Å². The van der Waals surface area contributed by atoms with Crippen LogP contribution in [0.2, 0.25) is 0 Å². The molecule has 1 fully saturated rings. The van der Waals surface area contributed by atoms with Crippen molar-refractivity contribution in [1.29, 1.82) is 0 Å². The first-order valence-corrected chi connectivity index (χ1v) is 12.6. The Bertz CT molecular complexity index is 1440. The van der Waals surface area contributed by atoms with Gasteiger partial charge in [0.05, 0.1) is 18.8 Å². The van der Waals surface area contributed by atoms with E-state index in [9.17, 15) is 9.59 Å². The maximum Gasteiger partial charge on any atom is 0.332 e. The van der Waals surface area contributed by atoms with Gasteiger partial charge in [0.15, 0.2) is 11.8 Å². The number of ether oxygens (including phenoxy) is 2. The van der Waals surface area contributed by atoms with Crippen molar-refractivity contribution >= 4 is 23.6 Å². The molecule has 0 radical (unpaired) electrons. The third kappa shape index (κ3) is 3.85. The van der Waals surface area contributed by atoms with E-state index in [0.29, 0.717) is 12.2 Å². The van der Waals surface area contributed by atoms with E-state index in [1.54, 1.807) is 6.92 Å². The summed E-state index contributed by atoms with van der Waals surface area (Å²) in [5.74, 6) is -0.560. The molecule has 6 nitrogen and oxygen atoms in total. The van der Waals surface area contributed by atoms with Crippen LogP contribution in [0.4, 0.5) is 5.69 Å². The molecule has 0 aromatic heterocycles. The number of amides is 1. The summed E-state index contributed by atoms with van der Waals surface area (Å²) < 4.78 is 12.1. The lowest BCUT2D eigenvalue weighted by Gasteiger charge is -2.47. The molecule has 3 aromatic rings. The summed E-state index contributed by atoms with van der Waals surface area (Å²) in [7, 11) is 0. The van der Waals surface area contributed by atoms with Gasteiger partial charge in [-0.05, 0) is 37.1 Å². The van der Waals surface area contributed by atoms with Gasteiger partial charge in [0, 0.05) is 35.5 Å². The molecule has 3 aliphatic rings. The van der Waals surface area contributed by atoms with Crippen LogP contribution < -0.4 is 4.90 Å². The second-order valence-electron chi connectivity index (χ2n) is 9.61. The lowest BCUT2D eigenvalue weighted by Crippen LogP contribution is -2.50. The first-order valence-electron chi connectivity index (χ1n) is 12.6. The number of carbonyl (C=O) groups is 2. The third-order valence-electron chi connectivity index (χ3n) is 7.23. The summed E-state index contributed by atoms with van der Waals surface area (Å²) in [5, 5.41) is 0. The van der Waals surface area contributed by atoms with Crippen molar-refractivity contribution in [3.63, 3.8) is 0 Å². The third-order valence-corrected chi connectivity index (χ3v) is 7.23. The highest BCUT2D eigenvalue weighted by molar-refractivity contribution is 6.07. The fourth-order valence-corrected chi connectivity index (χ4v) is 5.53. The van der Waals surface area contributed by atoms with Crippen LogP contribution in [0.25, 0.3) is 6.08 Å². The van der Waals surface area contributed by atoms with Crippen molar-refractivity contribution in [2.45, 2.75) is 38.6 Å². The van der Waals surface area contributed by atoms with Crippen LogP contribution in [0.5, 0.6) is 0 Å². The van der Waals surface area contributed by atoms with E-state index in [2.05, 4.69) is 0 Å². The number of hydrogen-bond acceptors (Lipinski definition) is 5. The van der Waals surface area contributed by atoms with Crippen LogP contribution in [0.15, 0.2) is 90.8 Å². The maximum absolute atomic E-state index is 14.4. The number of rotatable bonds is 4. The molecule has 1 saturated heterocycles. The van der Waals surface area contributed by atoms with Gasteiger partial charge in [-0.2, -0.15) is 0 Å². The Morgan fingerprint density at radius 2 is 1.89 bits per heavy atom. The summed E-state index contributed by atoms with van der Waals surface area (Å²) >= 11 is 0. The largest absolute Gasteiger partial charge is 0.463 e. The van der Waals surface area contributed by atoms with Crippen molar-refractivity contribution in [3.8, 4) is 0 Å². The van der Waals surface area contributed by atoms with Gasteiger partial charge in [-0.25, -0.2) is 4.79 Å². The number of benzene rings is 3. The van der Waals surface area contributed by atoms with Gasteiger partial charge in [0.25, 0.3) is 5.91 Å². The van der Waals surface area contributed by atoms with Gasteiger partial charge in [-0.3, -0.25) is 4.79 Å². The summed E-state index contributed by atoms with van der Waals surface area (Å²) in [4.78, 5) is 30.8. The molecule has 6 heteroatoms. The number of nitrogens with zero attached hydrogens (tertiary/aromatic N) is 2. The number of aryl methyl sites for hydroxylation is 1. The minimum atomic E-state index is -1.27.